The average Bonchev–Trinajstić information content (AvgIpc) is 2.85. The number of aliphatic hydroxyl groups excluding tert-OH is 3. The van der Waals surface area contributed by atoms with E-state index in [1.807, 2.05) is 0 Å². The Hall–Kier alpha value is -1.06. The Morgan fingerprint density at radius 1 is 1.33 bits per heavy atom. The van der Waals surface area contributed by atoms with Gasteiger partial charge in [-0.25, -0.2) is 0 Å². The molecular formula is C17H28NO8P. The number of nitrogens with one attached hydrogen (secondary N) is 1. The zero-order chi connectivity index (χ0) is 20.5. The van der Waals surface area contributed by atoms with Crippen molar-refractivity contribution in [1.82, 2.24) is 4.98 Å². The lowest BCUT2D eigenvalue weighted by atomic mass is 9.97. The van der Waals surface area contributed by atoms with Crippen molar-refractivity contribution in [1.29, 1.82) is 0 Å². The van der Waals surface area contributed by atoms with Crippen LogP contribution in [0.4, 0.5) is 0 Å². The minimum atomic E-state index is -4.21. The van der Waals surface area contributed by atoms with Gasteiger partial charge in [-0.2, -0.15) is 0 Å². The maximum Gasteiger partial charge on any atom is 0.356 e. The number of aromatic amines is 1. The second-order valence-electron chi connectivity index (χ2n) is 7.01. The van der Waals surface area contributed by atoms with Crippen molar-refractivity contribution < 1.29 is 34.0 Å². The van der Waals surface area contributed by atoms with Gasteiger partial charge in [-0.05, 0) is 33.3 Å². The Balaban J connectivity index is 2.18. The molecule has 1 aliphatic heterocycles. The van der Waals surface area contributed by atoms with Crippen molar-refractivity contribution >= 4 is 7.60 Å². The summed E-state index contributed by atoms with van der Waals surface area (Å²) in [5.41, 5.74) is 1.31. The molecule has 0 saturated carbocycles. The highest BCUT2D eigenvalue weighted by Gasteiger charge is 2.45. The Kier molecular flexibility index (Phi) is 7.02. The first kappa shape index (κ1) is 22.2. The van der Waals surface area contributed by atoms with Gasteiger partial charge in [0.05, 0.1) is 12.2 Å². The largest absolute Gasteiger partial charge is 0.388 e. The molecule has 0 bridgehead atoms. The van der Waals surface area contributed by atoms with Gasteiger partial charge in [0.2, 0.25) is 0 Å². The fourth-order valence-electron chi connectivity index (χ4n) is 3.09. The Morgan fingerprint density at radius 2 is 1.96 bits per heavy atom. The molecule has 1 aromatic heterocycles. The highest BCUT2D eigenvalue weighted by molar-refractivity contribution is 7.53. The number of pyridine rings is 1. The average molecular weight is 405 g/mol. The molecule has 1 saturated heterocycles. The van der Waals surface area contributed by atoms with E-state index in [2.05, 4.69) is 4.98 Å². The number of ether oxygens (including phenoxy) is 1. The predicted octanol–water partition coefficient (Wildman–Crippen LogP) is 0.862. The molecule has 5 unspecified atom stereocenters. The van der Waals surface area contributed by atoms with Crippen LogP contribution < -0.4 is 5.56 Å². The van der Waals surface area contributed by atoms with E-state index < -0.39 is 44.0 Å². The van der Waals surface area contributed by atoms with Crippen molar-refractivity contribution in [2.24, 2.45) is 0 Å². The van der Waals surface area contributed by atoms with Crippen molar-refractivity contribution in [2.45, 2.75) is 76.9 Å². The van der Waals surface area contributed by atoms with Crippen LogP contribution in [0.25, 0.3) is 0 Å². The van der Waals surface area contributed by atoms with E-state index in [1.165, 1.54) is 0 Å². The molecular weight excluding hydrogens is 377 g/mol. The Bertz CT molecular complexity index is 764. The summed E-state index contributed by atoms with van der Waals surface area (Å²) < 4.78 is 22.9. The van der Waals surface area contributed by atoms with E-state index in [9.17, 15) is 29.6 Å². The Labute approximate surface area is 157 Å². The molecule has 2 heterocycles. The smallest absolute Gasteiger partial charge is 0.356 e. The van der Waals surface area contributed by atoms with Gasteiger partial charge in [0.15, 0.2) is 5.85 Å². The van der Waals surface area contributed by atoms with Crippen molar-refractivity contribution in [3.8, 4) is 0 Å². The minimum absolute atomic E-state index is 0.0594. The summed E-state index contributed by atoms with van der Waals surface area (Å²) in [5, 5.41) is 30.2. The number of H-pyrrole nitrogens is 1. The van der Waals surface area contributed by atoms with Gasteiger partial charge in [0.25, 0.3) is 5.56 Å². The van der Waals surface area contributed by atoms with Gasteiger partial charge in [-0.3, -0.25) is 9.36 Å². The van der Waals surface area contributed by atoms with Gasteiger partial charge in [0, 0.05) is 23.2 Å². The van der Waals surface area contributed by atoms with Crippen LogP contribution in [0.15, 0.2) is 10.9 Å². The number of rotatable bonds is 7. The van der Waals surface area contributed by atoms with Crippen LogP contribution in [-0.2, 0) is 13.8 Å². The number of hydrogen-bond acceptors (Lipinski definition) is 7. The van der Waals surface area contributed by atoms with E-state index in [1.54, 1.807) is 26.8 Å². The van der Waals surface area contributed by atoms with E-state index in [0.717, 1.165) is 6.92 Å². The van der Waals surface area contributed by atoms with Crippen LogP contribution in [-0.4, -0.2) is 55.5 Å². The van der Waals surface area contributed by atoms with Crippen LogP contribution in [0.1, 0.15) is 49.6 Å². The zero-order valence-corrected chi connectivity index (χ0v) is 16.7. The summed E-state index contributed by atoms with van der Waals surface area (Å²) in [5.74, 6) is -1.54. The predicted molar refractivity (Wildman–Crippen MR) is 97.5 cm³/mol. The Morgan fingerprint density at radius 3 is 2.52 bits per heavy atom. The highest BCUT2D eigenvalue weighted by atomic mass is 31.2. The lowest BCUT2D eigenvalue weighted by Gasteiger charge is -2.25. The number of aromatic nitrogens is 1. The monoisotopic (exact) mass is 405 g/mol. The maximum atomic E-state index is 11.9. The molecule has 1 aromatic rings. The molecule has 27 heavy (non-hydrogen) atoms. The third-order valence-electron chi connectivity index (χ3n) is 4.86. The minimum Gasteiger partial charge on any atom is -0.388 e. The second kappa shape index (κ2) is 8.53. The van der Waals surface area contributed by atoms with Crippen molar-refractivity contribution in [2.75, 3.05) is 0 Å². The van der Waals surface area contributed by atoms with Crippen LogP contribution in [0.3, 0.4) is 0 Å². The summed E-state index contributed by atoms with van der Waals surface area (Å²) in [4.78, 5) is 24.1. The zero-order valence-electron chi connectivity index (χ0n) is 15.8. The number of aliphatic hydroxyl groups is 3. The molecule has 0 amide bonds. The highest BCUT2D eigenvalue weighted by Crippen LogP contribution is 2.48. The first-order chi connectivity index (χ1) is 12.5. The van der Waals surface area contributed by atoms with Crippen molar-refractivity contribution in [3.63, 3.8) is 0 Å². The maximum absolute atomic E-state index is 11.9. The van der Waals surface area contributed by atoms with Crippen molar-refractivity contribution in [3.05, 3.63) is 33.2 Å². The topological polar surface area (TPSA) is 149 Å². The lowest BCUT2D eigenvalue weighted by molar-refractivity contribution is -0.0196. The van der Waals surface area contributed by atoms with Gasteiger partial charge in [0.1, 0.15) is 18.3 Å². The fraction of sp³-hybridized carbons (Fsp3) is 0.706. The molecule has 0 aliphatic carbocycles. The lowest BCUT2D eigenvalue weighted by Crippen LogP contribution is -2.33. The van der Waals surface area contributed by atoms with Gasteiger partial charge in [-0.15, -0.1) is 0 Å². The molecule has 0 radical (unpaired) electrons. The third kappa shape index (κ3) is 4.86. The third-order valence-corrected chi connectivity index (χ3v) is 6.40. The van der Waals surface area contributed by atoms with Crippen LogP contribution in [0, 0.1) is 13.8 Å². The van der Waals surface area contributed by atoms with E-state index >= 15 is 0 Å². The van der Waals surface area contributed by atoms with E-state index in [-0.39, 0.29) is 12.0 Å². The molecule has 2 rings (SSSR count). The molecule has 154 valence electrons. The number of aryl methyl sites for hydroxylation is 2. The first-order valence-electron chi connectivity index (χ1n) is 8.88. The van der Waals surface area contributed by atoms with Crippen LogP contribution in [0.5, 0.6) is 0 Å². The van der Waals surface area contributed by atoms with E-state index in [4.69, 9.17) is 9.26 Å². The molecule has 0 aromatic carbocycles. The van der Waals surface area contributed by atoms with Crippen LogP contribution in [0.2, 0.25) is 0 Å². The normalized spacial score (nSPS) is 30.1. The van der Waals surface area contributed by atoms with Gasteiger partial charge < -0.3 is 34.5 Å². The first-order valence-corrected chi connectivity index (χ1v) is 10.5. The fourth-order valence-corrected chi connectivity index (χ4v) is 3.93. The van der Waals surface area contributed by atoms with Crippen LogP contribution >= 0.6 is 7.60 Å². The SMILES string of the molecule is CCC(C[C@H]1O[C@@H](c2cc(C)c(=O)[nH]c2C)C(O)C1O)OP(=O)(O)C(C)O. The summed E-state index contributed by atoms with van der Waals surface area (Å²) in [6.07, 6.45) is -4.49. The molecule has 1 aliphatic rings. The molecule has 7 atom stereocenters. The number of hydrogen-bond donors (Lipinski definition) is 5. The summed E-state index contributed by atoms with van der Waals surface area (Å²) in [7, 11) is -4.21. The van der Waals surface area contributed by atoms with E-state index in [0.29, 0.717) is 23.2 Å². The van der Waals surface area contributed by atoms with Gasteiger partial charge >= 0.3 is 7.60 Å². The molecule has 5 N–H and O–H groups in total. The molecule has 1 fully saturated rings. The standard InChI is InChI=1S/C17H28NO8P/c1-5-11(26-27(23,24)10(4)19)7-13-14(20)15(21)16(25-13)12-6-8(2)17(22)18-9(12)3/h6,10-11,13-16,19-21H,5,7H2,1-4H3,(H,18,22)(H,23,24)/t10?,11?,13-,14?,15?,16+/m1/s1. The second-order valence-corrected chi connectivity index (χ2v) is 9.09. The summed E-state index contributed by atoms with van der Waals surface area (Å²) in [6.45, 7) is 6.20. The summed E-state index contributed by atoms with van der Waals surface area (Å²) in [6, 6.07) is 1.61. The van der Waals surface area contributed by atoms with Gasteiger partial charge in [-0.1, -0.05) is 6.92 Å². The molecule has 10 heteroatoms. The quantitative estimate of drug-likeness (QED) is 0.419. The summed E-state index contributed by atoms with van der Waals surface area (Å²) >= 11 is 0. The molecule has 0 spiro atoms. The molecule has 9 nitrogen and oxygen atoms in total.